The average Bonchev–Trinajstić information content (AvgIpc) is 2.39. The number of anilines is 2. The molecule has 0 amide bonds. The first-order chi connectivity index (χ1) is 9.40. The Labute approximate surface area is 121 Å². The second-order valence-electron chi connectivity index (χ2n) is 6.00. The molecule has 0 aromatic heterocycles. The largest absolute Gasteiger partial charge is 0.398 e. The Balaban J connectivity index is 2.61. The molecule has 2 nitrogen and oxygen atoms in total. The molecule has 0 radical (unpaired) electrons. The van der Waals surface area contributed by atoms with E-state index >= 15 is 0 Å². The lowest BCUT2D eigenvalue weighted by Gasteiger charge is -2.15. The van der Waals surface area contributed by atoms with Crippen molar-refractivity contribution < 1.29 is 0 Å². The lowest BCUT2D eigenvalue weighted by Crippen LogP contribution is -1.99. The zero-order valence-corrected chi connectivity index (χ0v) is 12.8. The standard InChI is InChI=1S/C18H24N2/c1-11(2)13-5-7-17(19)15(9-13)16-10-14(12(3)4)6-8-18(16)20/h5-12H,19-20H2,1-4H3. The molecule has 0 aliphatic heterocycles. The van der Waals surface area contributed by atoms with Crippen LogP contribution in [0.15, 0.2) is 36.4 Å². The highest BCUT2D eigenvalue weighted by Gasteiger charge is 2.11. The minimum atomic E-state index is 0.476. The molecule has 4 N–H and O–H groups in total. The summed E-state index contributed by atoms with van der Waals surface area (Å²) in [6, 6.07) is 12.5. The Morgan fingerprint density at radius 1 is 0.650 bits per heavy atom. The Morgan fingerprint density at radius 2 is 1.00 bits per heavy atom. The van der Waals surface area contributed by atoms with E-state index in [2.05, 4.69) is 52.0 Å². The van der Waals surface area contributed by atoms with Gasteiger partial charge in [0.2, 0.25) is 0 Å². The average molecular weight is 268 g/mol. The summed E-state index contributed by atoms with van der Waals surface area (Å²) in [5.74, 6) is 0.952. The molecular weight excluding hydrogens is 244 g/mol. The van der Waals surface area contributed by atoms with E-state index in [9.17, 15) is 0 Å². The minimum Gasteiger partial charge on any atom is -0.398 e. The van der Waals surface area contributed by atoms with Crippen molar-refractivity contribution in [2.45, 2.75) is 39.5 Å². The molecule has 0 aliphatic rings. The molecule has 2 rings (SSSR count). The van der Waals surface area contributed by atoms with E-state index in [4.69, 9.17) is 11.5 Å². The summed E-state index contributed by atoms with van der Waals surface area (Å²) in [7, 11) is 0. The molecule has 0 heterocycles. The monoisotopic (exact) mass is 268 g/mol. The van der Waals surface area contributed by atoms with Gasteiger partial charge < -0.3 is 11.5 Å². The number of hydrogen-bond acceptors (Lipinski definition) is 2. The van der Waals surface area contributed by atoms with Crippen LogP contribution in [0.5, 0.6) is 0 Å². The maximum Gasteiger partial charge on any atom is 0.0394 e. The van der Waals surface area contributed by atoms with Crippen LogP contribution in [-0.4, -0.2) is 0 Å². The van der Waals surface area contributed by atoms with Crippen molar-refractivity contribution >= 4 is 11.4 Å². The SMILES string of the molecule is CC(C)c1ccc(N)c(-c2cc(C(C)C)ccc2N)c1. The topological polar surface area (TPSA) is 52.0 Å². The maximum absolute atomic E-state index is 6.16. The van der Waals surface area contributed by atoms with Crippen molar-refractivity contribution in [3.8, 4) is 11.1 Å². The molecule has 0 spiro atoms. The second-order valence-corrected chi connectivity index (χ2v) is 6.00. The molecule has 0 fully saturated rings. The van der Waals surface area contributed by atoms with Gasteiger partial charge in [0.05, 0.1) is 0 Å². The summed E-state index contributed by atoms with van der Waals surface area (Å²) < 4.78 is 0. The quantitative estimate of drug-likeness (QED) is 0.788. The Bertz CT molecular complexity index is 557. The highest BCUT2D eigenvalue weighted by Crippen LogP contribution is 2.35. The van der Waals surface area contributed by atoms with Crippen molar-refractivity contribution in [3.05, 3.63) is 47.5 Å². The predicted octanol–water partition coefficient (Wildman–Crippen LogP) is 4.76. The third kappa shape index (κ3) is 2.79. The highest BCUT2D eigenvalue weighted by atomic mass is 14.6. The van der Waals surface area contributed by atoms with E-state index < -0.39 is 0 Å². The van der Waals surface area contributed by atoms with Crippen molar-refractivity contribution in [3.63, 3.8) is 0 Å². The zero-order valence-electron chi connectivity index (χ0n) is 12.8. The molecule has 2 aromatic rings. The molecule has 20 heavy (non-hydrogen) atoms. The summed E-state index contributed by atoms with van der Waals surface area (Å²) >= 11 is 0. The predicted molar refractivity (Wildman–Crippen MR) is 88.9 cm³/mol. The fourth-order valence-corrected chi connectivity index (χ4v) is 2.33. The van der Waals surface area contributed by atoms with Crippen LogP contribution in [0.25, 0.3) is 11.1 Å². The molecule has 2 heteroatoms. The maximum atomic E-state index is 6.16. The first kappa shape index (κ1) is 14.4. The van der Waals surface area contributed by atoms with Gasteiger partial charge in [-0.15, -0.1) is 0 Å². The summed E-state index contributed by atoms with van der Waals surface area (Å²) in [6.45, 7) is 8.73. The first-order valence-electron chi connectivity index (χ1n) is 7.19. The van der Waals surface area contributed by atoms with Gasteiger partial charge in [-0.3, -0.25) is 0 Å². The van der Waals surface area contributed by atoms with Gasteiger partial charge in [0.15, 0.2) is 0 Å². The lowest BCUT2D eigenvalue weighted by molar-refractivity contribution is 0.865. The van der Waals surface area contributed by atoms with Crippen LogP contribution >= 0.6 is 0 Å². The summed E-state index contributed by atoms with van der Waals surface area (Å²) in [6.07, 6.45) is 0. The van der Waals surface area contributed by atoms with E-state index in [0.717, 1.165) is 22.5 Å². The van der Waals surface area contributed by atoms with Crippen molar-refractivity contribution in [1.82, 2.24) is 0 Å². The summed E-state index contributed by atoms with van der Waals surface area (Å²) in [5.41, 5.74) is 18.5. The Kier molecular flexibility index (Phi) is 4.03. The van der Waals surface area contributed by atoms with Crippen LogP contribution < -0.4 is 11.5 Å². The van der Waals surface area contributed by atoms with Gasteiger partial charge in [-0.25, -0.2) is 0 Å². The van der Waals surface area contributed by atoms with Crippen LogP contribution in [0.3, 0.4) is 0 Å². The van der Waals surface area contributed by atoms with E-state index in [0.29, 0.717) is 11.8 Å². The van der Waals surface area contributed by atoms with Crippen LogP contribution in [0.1, 0.15) is 50.7 Å². The van der Waals surface area contributed by atoms with Crippen LogP contribution in [-0.2, 0) is 0 Å². The zero-order chi connectivity index (χ0) is 14.9. The molecule has 2 aromatic carbocycles. The molecule has 0 aliphatic carbocycles. The molecule has 0 bridgehead atoms. The molecule has 0 saturated carbocycles. The van der Waals surface area contributed by atoms with Gasteiger partial charge >= 0.3 is 0 Å². The first-order valence-corrected chi connectivity index (χ1v) is 7.19. The molecule has 0 saturated heterocycles. The fraction of sp³-hybridized carbons (Fsp3) is 0.333. The third-order valence-corrected chi connectivity index (χ3v) is 3.78. The van der Waals surface area contributed by atoms with Crippen LogP contribution in [0, 0.1) is 0 Å². The Hall–Kier alpha value is -1.96. The Morgan fingerprint density at radius 3 is 1.30 bits per heavy atom. The van der Waals surface area contributed by atoms with Gasteiger partial charge in [-0.2, -0.15) is 0 Å². The number of hydrogen-bond donors (Lipinski definition) is 2. The number of nitrogen functional groups attached to an aromatic ring is 2. The smallest absolute Gasteiger partial charge is 0.0394 e. The summed E-state index contributed by atoms with van der Waals surface area (Å²) in [4.78, 5) is 0. The van der Waals surface area contributed by atoms with Gasteiger partial charge in [0, 0.05) is 22.5 Å². The molecular formula is C18H24N2. The van der Waals surface area contributed by atoms with Crippen molar-refractivity contribution in [2.75, 3.05) is 11.5 Å². The number of nitrogens with two attached hydrogens (primary N) is 2. The highest BCUT2D eigenvalue weighted by molar-refractivity contribution is 5.85. The molecule has 0 atom stereocenters. The van der Waals surface area contributed by atoms with E-state index in [1.165, 1.54) is 11.1 Å². The van der Waals surface area contributed by atoms with Gasteiger partial charge in [0.1, 0.15) is 0 Å². The van der Waals surface area contributed by atoms with Crippen LogP contribution in [0.2, 0.25) is 0 Å². The van der Waals surface area contributed by atoms with E-state index in [1.54, 1.807) is 0 Å². The van der Waals surface area contributed by atoms with Crippen molar-refractivity contribution in [1.29, 1.82) is 0 Å². The molecule has 0 unspecified atom stereocenters. The third-order valence-electron chi connectivity index (χ3n) is 3.78. The second kappa shape index (κ2) is 5.58. The molecule has 106 valence electrons. The normalized spacial score (nSPS) is 11.3. The van der Waals surface area contributed by atoms with E-state index in [-0.39, 0.29) is 0 Å². The van der Waals surface area contributed by atoms with Gasteiger partial charge in [-0.05, 0) is 47.2 Å². The van der Waals surface area contributed by atoms with Gasteiger partial charge in [-0.1, -0.05) is 39.8 Å². The summed E-state index contributed by atoms with van der Waals surface area (Å²) in [5, 5.41) is 0. The minimum absolute atomic E-state index is 0.476. The van der Waals surface area contributed by atoms with E-state index in [1.807, 2.05) is 12.1 Å². The number of benzene rings is 2. The lowest BCUT2D eigenvalue weighted by atomic mass is 9.92. The van der Waals surface area contributed by atoms with Gasteiger partial charge in [0.25, 0.3) is 0 Å². The number of rotatable bonds is 3. The van der Waals surface area contributed by atoms with Crippen molar-refractivity contribution in [2.24, 2.45) is 0 Å². The van der Waals surface area contributed by atoms with Crippen LogP contribution in [0.4, 0.5) is 11.4 Å². The fourth-order valence-electron chi connectivity index (χ4n) is 2.33.